The lowest BCUT2D eigenvalue weighted by molar-refractivity contribution is -0.117. The summed E-state index contributed by atoms with van der Waals surface area (Å²) in [6.45, 7) is -1.23. The predicted molar refractivity (Wildman–Crippen MR) is 109 cm³/mol. The number of amides is 1. The fourth-order valence-electron chi connectivity index (χ4n) is 3.00. The Morgan fingerprint density at radius 1 is 0.867 bits per heavy atom. The van der Waals surface area contributed by atoms with Crippen LogP contribution in [0.25, 0.3) is 0 Å². The summed E-state index contributed by atoms with van der Waals surface area (Å²) in [6.07, 6.45) is 0. The molecular formula is C23H21F3N2O2. The van der Waals surface area contributed by atoms with Crippen LogP contribution in [0.4, 0.5) is 18.9 Å². The molecule has 0 heterocycles. The number of para-hydroxylation sites is 1. The standard InChI is InChI=1S/C23H21F3N2O2/c1-15(22(29)28-20-10-6-5-9-19(20)24)27-21(16-7-3-2-4-8-16)17-11-13-18(14-12-17)30-23(25)26/h2-15,21,23,27H,1H3,(H,28,29)/t15-,21-/m0/s1. The molecule has 0 saturated carbocycles. The van der Waals surface area contributed by atoms with Gasteiger partial charge in [-0.2, -0.15) is 8.78 Å². The predicted octanol–water partition coefficient (Wildman–Crippen LogP) is 5.13. The Balaban J connectivity index is 1.79. The zero-order chi connectivity index (χ0) is 21.5. The maximum absolute atomic E-state index is 13.8. The topological polar surface area (TPSA) is 50.4 Å². The van der Waals surface area contributed by atoms with E-state index in [-0.39, 0.29) is 11.4 Å². The average molecular weight is 414 g/mol. The molecule has 0 aliphatic carbocycles. The van der Waals surface area contributed by atoms with E-state index in [1.807, 2.05) is 30.3 Å². The van der Waals surface area contributed by atoms with Crippen molar-refractivity contribution in [3.05, 3.63) is 95.8 Å². The van der Waals surface area contributed by atoms with Gasteiger partial charge < -0.3 is 10.1 Å². The van der Waals surface area contributed by atoms with E-state index in [1.54, 1.807) is 31.2 Å². The van der Waals surface area contributed by atoms with Crippen LogP contribution in [0.15, 0.2) is 78.9 Å². The zero-order valence-electron chi connectivity index (χ0n) is 16.2. The molecule has 0 bridgehead atoms. The molecule has 1 amide bonds. The molecule has 0 aliphatic rings. The van der Waals surface area contributed by atoms with Gasteiger partial charge in [-0.25, -0.2) is 4.39 Å². The number of carbonyl (C=O) groups is 1. The van der Waals surface area contributed by atoms with Crippen LogP contribution in [0.5, 0.6) is 5.75 Å². The zero-order valence-corrected chi connectivity index (χ0v) is 16.2. The Hall–Kier alpha value is -3.32. The van der Waals surface area contributed by atoms with Gasteiger partial charge in [0.1, 0.15) is 11.6 Å². The van der Waals surface area contributed by atoms with Crippen molar-refractivity contribution >= 4 is 11.6 Å². The number of benzene rings is 3. The largest absolute Gasteiger partial charge is 0.435 e. The van der Waals surface area contributed by atoms with Crippen molar-refractivity contribution in [2.24, 2.45) is 0 Å². The molecule has 3 rings (SSSR count). The second kappa shape index (κ2) is 9.93. The molecule has 0 aromatic heterocycles. The molecule has 3 aromatic rings. The number of carbonyl (C=O) groups excluding carboxylic acids is 1. The highest BCUT2D eigenvalue weighted by molar-refractivity contribution is 5.94. The molecule has 4 nitrogen and oxygen atoms in total. The van der Waals surface area contributed by atoms with E-state index >= 15 is 0 Å². The number of nitrogens with one attached hydrogen (secondary N) is 2. The van der Waals surface area contributed by atoms with E-state index < -0.39 is 30.4 Å². The minimum atomic E-state index is -2.90. The van der Waals surface area contributed by atoms with Crippen molar-refractivity contribution in [3.63, 3.8) is 0 Å². The van der Waals surface area contributed by atoms with Gasteiger partial charge in [-0.3, -0.25) is 10.1 Å². The lowest BCUT2D eigenvalue weighted by atomic mass is 9.97. The van der Waals surface area contributed by atoms with Gasteiger partial charge in [0.15, 0.2) is 0 Å². The summed E-state index contributed by atoms with van der Waals surface area (Å²) in [5, 5.41) is 5.80. The SMILES string of the molecule is C[C@H](N[C@@H](c1ccccc1)c1ccc(OC(F)F)cc1)C(=O)Nc1ccccc1F. The van der Waals surface area contributed by atoms with Crippen LogP contribution in [0, 0.1) is 5.82 Å². The first-order valence-electron chi connectivity index (χ1n) is 9.35. The number of halogens is 3. The summed E-state index contributed by atoms with van der Waals surface area (Å²) in [5.41, 5.74) is 1.74. The van der Waals surface area contributed by atoms with Gasteiger partial charge in [0.2, 0.25) is 5.91 Å². The molecule has 0 radical (unpaired) electrons. The van der Waals surface area contributed by atoms with Crippen LogP contribution in [-0.2, 0) is 4.79 Å². The average Bonchev–Trinajstić information content (AvgIpc) is 2.74. The van der Waals surface area contributed by atoms with Gasteiger partial charge in [-0.05, 0) is 42.3 Å². The van der Waals surface area contributed by atoms with E-state index in [1.165, 1.54) is 24.3 Å². The van der Waals surface area contributed by atoms with Gasteiger partial charge >= 0.3 is 6.61 Å². The second-order valence-electron chi connectivity index (χ2n) is 6.65. The van der Waals surface area contributed by atoms with E-state index in [2.05, 4.69) is 15.4 Å². The number of rotatable bonds is 8. The van der Waals surface area contributed by atoms with E-state index in [0.717, 1.165) is 11.1 Å². The lowest BCUT2D eigenvalue weighted by Crippen LogP contribution is -2.40. The van der Waals surface area contributed by atoms with Crippen molar-refractivity contribution in [1.82, 2.24) is 5.32 Å². The van der Waals surface area contributed by atoms with Crippen LogP contribution < -0.4 is 15.4 Å². The van der Waals surface area contributed by atoms with E-state index in [9.17, 15) is 18.0 Å². The molecule has 2 atom stereocenters. The molecular weight excluding hydrogens is 393 g/mol. The molecule has 2 N–H and O–H groups in total. The minimum absolute atomic E-state index is 0.0471. The number of hydrogen-bond acceptors (Lipinski definition) is 3. The second-order valence-corrected chi connectivity index (χ2v) is 6.65. The van der Waals surface area contributed by atoms with Gasteiger partial charge in [0, 0.05) is 0 Å². The smallest absolute Gasteiger partial charge is 0.387 e. The Bertz CT molecular complexity index is 966. The third-order valence-corrected chi connectivity index (χ3v) is 4.51. The van der Waals surface area contributed by atoms with Crippen LogP contribution in [0.1, 0.15) is 24.1 Å². The first kappa shape index (κ1) is 21.4. The Morgan fingerprint density at radius 3 is 2.10 bits per heavy atom. The quantitative estimate of drug-likeness (QED) is 0.537. The summed E-state index contributed by atoms with van der Waals surface area (Å²) in [7, 11) is 0. The molecule has 0 unspecified atom stereocenters. The molecule has 0 fully saturated rings. The number of alkyl halides is 2. The van der Waals surface area contributed by atoms with Crippen molar-refractivity contribution in [2.75, 3.05) is 5.32 Å². The van der Waals surface area contributed by atoms with Gasteiger partial charge in [0.25, 0.3) is 0 Å². The number of hydrogen-bond donors (Lipinski definition) is 2. The molecule has 0 saturated heterocycles. The molecule has 30 heavy (non-hydrogen) atoms. The minimum Gasteiger partial charge on any atom is -0.435 e. The summed E-state index contributed by atoms with van der Waals surface area (Å²) in [4.78, 5) is 12.6. The number of ether oxygens (including phenoxy) is 1. The fourth-order valence-corrected chi connectivity index (χ4v) is 3.00. The first-order chi connectivity index (χ1) is 14.4. The molecule has 156 valence electrons. The Labute approximate surface area is 172 Å². The molecule has 3 aromatic carbocycles. The third kappa shape index (κ3) is 5.61. The Morgan fingerprint density at radius 2 is 1.47 bits per heavy atom. The normalized spacial score (nSPS) is 13.0. The summed E-state index contributed by atoms with van der Waals surface area (Å²) >= 11 is 0. The summed E-state index contributed by atoms with van der Waals surface area (Å²) in [5.74, 6) is -0.878. The monoisotopic (exact) mass is 414 g/mol. The van der Waals surface area contributed by atoms with Crippen LogP contribution >= 0.6 is 0 Å². The van der Waals surface area contributed by atoms with Crippen molar-refractivity contribution in [1.29, 1.82) is 0 Å². The maximum Gasteiger partial charge on any atom is 0.387 e. The van der Waals surface area contributed by atoms with Gasteiger partial charge in [-0.15, -0.1) is 0 Å². The highest BCUT2D eigenvalue weighted by Gasteiger charge is 2.21. The third-order valence-electron chi connectivity index (χ3n) is 4.51. The van der Waals surface area contributed by atoms with Crippen LogP contribution in [-0.4, -0.2) is 18.6 Å². The highest BCUT2D eigenvalue weighted by atomic mass is 19.3. The van der Waals surface area contributed by atoms with E-state index in [0.29, 0.717) is 0 Å². The van der Waals surface area contributed by atoms with Crippen LogP contribution in [0.2, 0.25) is 0 Å². The van der Waals surface area contributed by atoms with Crippen molar-refractivity contribution < 1.29 is 22.7 Å². The van der Waals surface area contributed by atoms with Gasteiger partial charge in [0.05, 0.1) is 17.8 Å². The number of anilines is 1. The summed E-state index contributed by atoms with van der Waals surface area (Å²) < 4.78 is 43.0. The van der Waals surface area contributed by atoms with Crippen molar-refractivity contribution in [3.8, 4) is 5.75 Å². The molecule has 0 aliphatic heterocycles. The molecule has 0 spiro atoms. The van der Waals surface area contributed by atoms with Gasteiger partial charge in [-0.1, -0.05) is 54.6 Å². The fraction of sp³-hybridized carbons (Fsp3) is 0.174. The highest BCUT2D eigenvalue weighted by Crippen LogP contribution is 2.25. The Kier molecular flexibility index (Phi) is 7.08. The van der Waals surface area contributed by atoms with Crippen LogP contribution in [0.3, 0.4) is 0 Å². The van der Waals surface area contributed by atoms with E-state index in [4.69, 9.17) is 0 Å². The first-order valence-corrected chi connectivity index (χ1v) is 9.35. The maximum atomic E-state index is 13.8. The van der Waals surface area contributed by atoms with Crippen molar-refractivity contribution in [2.45, 2.75) is 25.6 Å². The molecule has 7 heteroatoms. The summed E-state index contributed by atoms with van der Waals surface area (Å²) in [6, 6.07) is 20.4. The lowest BCUT2D eigenvalue weighted by Gasteiger charge is -2.24.